The maximum atomic E-state index is 5.31. The summed E-state index contributed by atoms with van der Waals surface area (Å²) in [4.78, 5) is 0. The molecule has 0 aromatic heterocycles. The largest absolute Gasteiger partial charge is 0.380 e. The molecule has 0 radical (unpaired) electrons. The molecule has 0 spiro atoms. The van der Waals surface area contributed by atoms with Crippen LogP contribution in [0, 0.1) is 17.3 Å². The van der Waals surface area contributed by atoms with Crippen LogP contribution >= 0.6 is 0 Å². The normalized spacial score (nSPS) is 12.8. The molecule has 92 valence electrons. The van der Waals surface area contributed by atoms with Crippen LogP contribution in [-0.2, 0) is 4.74 Å². The second-order valence-electron chi connectivity index (χ2n) is 5.19. The summed E-state index contributed by atoms with van der Waals surface area (Å²) in [6, 6.07) is 0. The summed E-state index contributed by atoms with van der Waals surface area (Å²) in [5.74, 6) is 1.41. The molecule has 0 fully saturated rings. The third-order valence-electron chi connectivity index (χ3n) is 3.77. The topological polar surface area (TPSA) is 21.3 Å². The minimum atomic E-state index is 0.381. The predicted molar refractivity (Wildman–Crippen MR) is 67.1 cm³/mol. The molecule has 0 amide bonds. The zero-order valence-corrected chi connectivity index (χ0v) is 11.4. The number of rotatable bonds is 8. The van der Waals surface area contributed by atoms with Gasteiger partial charge in [-0.15, -0.1) is 0 Å². The molecule has 0 aliphatic rings. The standard InChI is InChI=1S/C13H29NO/c1-7-15-9-8-14-10-13(6,11(2)3)12(4)5/h11-12,14H,7-10H2,1-6H3. The van der Waals surface area contributed by atoms with Gasteiger partial charge in [-0.2, -0.15) is 0 Å². The van der Waals surface area contributed by atoms with E-state index in [4.69, 9.17) is 4.74 Å². The Morgan fingerprint density at radius 1 is 1.13 bits per heavy atom. The Kier molecular flexibility index (Phi) is 7.20. The highest BCUT2D eigenvalue weighted by molar-refractivity contribution is 4.83. The zero-order valence-electron chi connectivity index (χ0n) is 11.4. The molecule has 0 rings (SSSR count). The molecular formula is C13H29NO. The molecule has 0 aliphatic heterocycles. The molecule has 2 heteroatoms. The fourth-order valence-corrected chi connectivity index (χ4v) is 1.72. The summed E-state index contributed by atoms with van der Waals surface area (Å²) in [6.45, 7) is 17.3. The Labute approximate surface area is 95.8 Å². The number of hydrogen-bond donors (Lipinski definition) is 1. The van der Waals surface area contributed by atoms with E-state index in [-0.39, 0.29) is 0 Å². The van der Waals surface area contributed by atoms with E-state index < -0.39 is 0 Å². The fourth-order valence-electron chi connectivity index (χ4n) is 1.72. The van der Waals surface area contributed by atoms with Gasteiger partial charge in [-0.1, -0.05) is 34.6 Å². The smallest absolute Gasteiger partial charge is 0.0590 e. The summed E-state index contributed by atoms with van der Waals surface area (Å²) in [5.41, 5.74) is 0.381. The quantitative estimate of drug-likeness (QED) is 0.629. The van der Waals surface area contributed by atoms with Crippen molar-refractivity contribution in [1.29, 1.82) is 0 Å². The summed E-state index contributed by atoms with van der Waals surface area (Å²) < 4.78 is 5.31. The summed E-state index contributed by atoms with van der Waals surface area (Å²) in [7, 11) is 0. The van der Waals surface area contributed by atoms with Crippen molar-refractivity contribution in [1.82, 2.24) is 5.32 Å². The van der Waals surface area contributed by atoms with E-state index in [1.165, 1.54) is 0 Å². The Balaban J connectivity index is 3.88. The molecule has 1 N–H and O–H groups in total. The van der Waals surface area contributed by atoms with Gasteiger partial charge < -0.3 is 10.1 Å². The molecular weight excluding hydrogens is 186 g/mol. The first-order valence-corrected chi connectivity index (χ1v) is 6.23. The predicted octanol–water partition coefficient (Wildman–Crippen LogP) is 2.93. The van der Waals surface area contributed by atoms with Crippen molar-refractivity contribution in [3.63, 3.8) is 0 Å². The summed E-state index contributed by atoms with van der Waals surface area (Å²) in [5, 5.41) is 3.50. The SMILES string of the molecule is CCOCCNCC(C)(C(C)C)C(C)C. The first kappa shape index (κ1) is 14.9. The Bertz CT molecular complexity index is 147. The molecule has 0 atom stereocenters. The number of nitrogens with one attached hydrogen (secondary N) is 1. The van der Waals surface area contributed by atoms with Gasteiger partial charge in [-0.05, 0) is 24.2 Å². The van der Waals surface area contributed by atoms with E-state index in [9.17, 15) is 0 Å². The molecule has 15 heavy (non-hydrogen) atoms. The van der Waals surface area contributed by atoms with Gasteiger partial charge in [0.1, 0.15) is 0 Å². The van der Waals surface area contributed by atoms with Crippen LogP contribution in [0.15, 0.2) is 0 Å². The van der Waals surface area contributed by atoms with Crippen molar-refractivity contribution >= 4 is 0 Å². The lowest BCUT2D eigenvalue weighted by atomic mass is 9.70. The van der Waals surface area contributed by atoms with E-state index in [0.29, 0.717) is 17.3 Å². The van der Waals surface area contributed by atoms with Gasteiger partial charge in [0.15, 0.2) is 0 Å². The van der Waals surface area contributed by atoms with Gasteiger partial charge >= 0.3 is 0 Å². The highest BCUT2D eigenvalue weighted by Gasteiger charge is 2.31. The van der Waals surface area contributed by atoms with Crippen LogP contribution in [0.25, 0.3) is 0 Å². The van der Waals surface area contributed by atoms with Gasteiger partial charge in [-0.3, -0.25) is 0 Å². The minimum absolute atomic E-state index is 0.381. The third kappa shape index (κ3) is 4.98. The lowest BCUT2D eigenvalue weighted by molar-refractivity contribution is 0.117. The van der Waals surface area contributed by atoms with Crippen LogP contribution in [-0.4, -0.2) is 26.3 Å². The van der Waals surface area contributed by atoms with E-state index >= 15 is 0 Å². The fraction of sp³-hybridized carbons (Fsp3) is 1.00. The maximum Gasteiger partial charge on any atom is 0.0590 e. The monoisotopic (exact) mass is 215 g/mol. The average molecular weight is 215 g/mol. The molecule has 0 bridgehead atoms. The van der Waals surface area contributed by atoms with Gasteiger partial charge in [-0.25, -0.2) is 0 Å². The van der Waals surface area contributed by atoms with Crippen molar-refractivity contribution < 1.29 is 4.74 Å². The Hall–Kier alpha value is -0.0800. The number of hydrogen-bond acceptors (Lipinski definition) is 2. The van der Waals surface area contributed by atoms with E-state index in [2.05, 4.69) is 39.9 Å². The van der Waals surface area contributed by atoms with Crippen LogP contribution in [0.5, 0.6) is 0 Å². The highest BCUT2D eigenvalue weighted by Crippen LogP contribution is 2.34. The van der Waals surface area contributed by atoms with Crippen LogP contribution in [0.1, 0.15) is 41.5 Å². The first-order chi connectivity index (χ1) is 6.95. The second-order valence-corrected chi connectivity index (χ2v) is 5.19. The van der Waals surface area contributed by atoms with Crippen molar-refractivity contribution in [3.05, 3.63) is 0 Å². The van der Waals surface area contributed by atoms with Crippen LogP contribution in [0.3, 0.4) is 0 Å². The summed E-state index contributed by atoms with van der Waals surface area (Å²) in [6.07, 6.45) is 0. The van der Waals surface area contributed by atoms with E-state index in [0.717, 1.165) is 26.3 Å². The minimum Gasteiger partial charge on any atom is -0.380 e. The van der Waals surface area contributed by atoms with Crippen LogP contribution in [0.4, 0.5) is 0 Å². The lowest BCUT2D eigenvalue weighted by Crippen LogP contribution is -2.41. The van der Waals surface area contributed by atoms with Crippen LogP contribution in [0.2, 0.25) is 0 Å². The van der Waals surface area contributed by atoms with Crippen molar-refractivity contribution in [2.24, 2.45) is 17.3 Å². The summed E-state index contributed by atoms with van der Waals surface area (Å²) >= 11 is 0. The van der Waals surface area contributed by atoms with E-state index in [1.54, 1.807) is 0 Å². The highest BCUT2D eigenvalue weighted by atomic mass is 16.5. The lowest BCUT2D eigenvalue weighted by Gasteiger charge is -2.38. The van der Waals surface area contributed by atoms with Gasteiger partial charge in [0.05, 0.1) is 6.61 Å². The number of ether oxygens (including phenoxy) is 1. The molecule has 0 aliphatic carbocycles. The Morgan fingerprint density at radius 3 is 2.07 bits per heavy atom. The maximum absolute atomic E-state index is 5.31. The van der Waals surface area contributed by atoms with Crippen molar-refractivity contribution in [2.75, 3.05) is 26.3 Å². The van der Waals surface area contributed by atoms with Gasteiger partial charge in [0.25, 0.3) is 0 Å². The molecule has 0 aromatic rings. The second kappa shape index (κ2) is 7.24. The Morgan fingerprint density at radius 2 is 1.67 bits per heavy atom. The molecule has 0 saturated carbocycles. The zero-order chi connectivity index (χ0) is 11.9. The van der Waals surface area contributed by atoms with Crippen molar-refractivity contribution in [2.45, 2.75) is 41.5 Å². The van der Waals surface area contributed by atoms with Crippen molar-refractivity contribution in [3.8, 4) is 0 Å². The molecule has 0 unspecified atom stereocenters. The van der Waals surface area contributed by atoms with Gasteiger partial charge in [0.2, 0.25) is 0 Å². The third-order valence-corrected chi connectivity index (χ3v) is 3.77. The molecule has 0 saturated heterocycles. The molecule has 0 aromatic carbocycles. The average Bonchev–Trinajstić information content (AvgIpc) is 2.16. The van der Waals surface area contributed by atoms with Gasteiger partial charge in [0, 0.05) is 19.7 Å². The first-order valence-electron chi connectivity index (χ1n) is 6.23. The van der Waals surface area contributed by atoms with Crippen LogP contribution < -0.4 is 5.32 Å². The molecule has 0 heterocycles. The molecule has 2 nitrogen and oxygen atoms in total. The van der Waals surface area contributed by atoms with E-state index in [1.807, 2.05) is 6.92 Å².